The third-order valence-corrected chi connectivity index (χ3v) is 6.97. The smallest absolute Gasteiger partial charge is 0.157 e. The number of nitrogens with one attached hydrogen (secondary N) is 1. The van der Waals surface area contributed by atoms with Crippen LogP contribution in [0.1, 0.15) is 36.8 Å². The number of nitrogens with zero attached hydrogens (tertiary/aromatic N) is 5. The van der Waals surface area contributed by atoms with Gasteiger partial charge in [0.25, 0.3) is 0 Å². The number of rotatable bonds is 3. The van der Waals surface area contributed by atoms with E-state index in [1.807, 2.05) is 25.1 Å². The minimum absolute atomic E-state index is 0.448. The number of piperidine rings is 2. The fraction of sp³-hybridized carbons (Fsp3) is 0.500. The Morgan fingerprint density at radius 3 is 2.53 bits per heavy atom. The molecule has 2 fully saturated rings. The number of hydrogen-bond acceptors (Lipinski definition) is 5. The van der Waals surface area contributed by atoms with Gasteiger partial charge in [0.05, 0.1) is 16.6 Å². The quantitative estimate of drug-likeness (QED) is 0.725. The van der Waals surface area contributed by atoms with Crippen LogP contribution in [0.2, 0.25) is 0 Å². The van der Waals surface area contributed by atoms with E-state index >= 15 is 0 Å². The number of aromatic nitrogens is 2. The topological polar surface area (TPSA) is 59.6 Å². The van der Waals surface area contributed by atoms with Crippen LogP contribution in [0.4, 0.5) is 5.82 Å². The van der Waals surface area contributed by atoms with E-state index in [1.165, 1.54) is 25.9 Å². The first-order valence-corrected chi connectivity index (χ1v) is 11.1. The van der Waals surface area contributed by atoms with Crippen LogP contribution < -0.4 is 5.32 Å². The van der Waals surface area contributed by atoms with E-state index in [4.69, 9.17) is 4.98 Å². The minimum atomic E-state index is 0.448. The normalized spacial score (nSPS) is 20.0. The van der Waals surface area contributed by atoms with Crippen molar-refractivity contribution in [3.63, 3.8) is 0 Å². The van der Waals surface area contributed by atoms with Crippen LogP contribution in [0, 0.1) is 18.3 Å². The van der Waals surface area contributed by atoms with Gasteiger partial charge < -0.3 is 15.1 Å². The molecule has 2 aromatic heterocycles. The van der Waals surface area contributed by atoms with Gasteiger partial charge in [-0.1, -0.05) is 12.1 Å². The van der Waals surface area contributed by atoms with Crippen molar-refractivity contribution in [1.29, 1.82) is 5.26 Å². The molecule has 0 unspecified atom stereocenters. The summed E-state index contributed by atoms with van der Waals surface area (Å²) >= 11 is 0. The molecule has 4 heterocycles. The summed E-state index contributed by atoms with van der Waals surface area (Å²) in [6.45, 7) is 6.77. The molecule has 2 aliphatic heterocycles. The fourth-order valence-electron chi connectivity index (χ4n) is 5.18. The fourth-order valence-corrected chi connectivity index (χ4v) is 5.18. The lowest BCUT2D eigenvalue weighted by Crippen LogP contribution is -2.48. The van der Waals surface area contributed by atoms with Crippen molar-refractivity contribution in [2.75, 3.05) is 38.5 Å². The molecule has 1 N–H and O–H groups in total. The molecule has 0 radical (unpaired) electrons. The molecular weight excluding hydrogens is 372 g/mol. The van der Waals surface area contributed by atoms with Crippen molar-refractivity contribution in [3.8, 4) is 6.07 Å². The van der Waals surface area contributed by atoms with E-state index in [-0.39, 0.29) is 0 Å². The third kappa shape index (κ3) is 3.42. The molecule has 156 valence electrons. The Hall–Kier alpha value is -2.62. The number of para-hydroxylation sites is 2. The van der Waals surface area contributed by atoms with Crippen molar-refractivity contribution in [3.05, 3.63) is 41.5 Å². The van der Waals surface area contributed by atoms with E-state index in [2.05, 4.69) is 44.8 Å². The van der Waals surface area contributed by atoms with Gasteiger partial charge in [-0.15, -0.1) is 0 Å². The zero-order valence-electron chi connectivity index (χ0n) is 17.9. The summed E-state index contributed by atoms with van der Waals surface area (Å²) in [5.41, 5.74) is 4.38. The van der Waals surface area contributed by atoms with Gasteiger partial charge in [0.1, 0.15) is 11.9 Å². The highest BCUT2D eigenvalue weighted by Gasteiger charge is 2.28. The van der Waals surface area contributed by atoms with Crippen molar-refractivity contribution < 1.29 is 0 Å². The van der Waals surface area contributed by atoms with Crippen LogP contribution in [0.5, 0.6) is 0 Å². The lowest BCUT2D eigenvalue weighted by molar-refractivity contribution is 0.0993. The van der Waals surface area contributed by atoms with Gasteiger partial charge in [-0.25, -0.2) is 4.98 Å². The van der Waals surface area contributed by atoms with Crippen LogP contribution in [-0.2, 0) is 0 Å². The SMILES string of the molecule is Cc1cc(NC2CCN(C3CCN(C)CC3)CC2)n2c(nc3ccccc32)c1C#N. The van der Waals surface area contributed by atoms with Crippen LogP contribution >= 0.6 is 0 Å². The first-order valence-electron chi connectivity index (χ1n) is 11.1. The van der Waals surface area contributed by atoms with Crippen LogP contribution in [-0.4, -0.2) is 64.5 Å². The summed E-state index contributed by atoms with van der Waals surface area (Å²) in [6.07, 6.45) is 4.90. The Morgan fingerprint density at radius 1 is 1.07 bits per heavy atom. The predicted molar refractivity (Wildman–Crippen MR) is 121 cm³/mol. The van der Waals surface area contributed by atoms with Crippen LogP contribution in [0.15, 0.2) is 30.3 Å². The Morgan fingerprint density at radius 2 is 1.80 bits per heavy atom. The maximum atomic E-state index is 9.69. The molecule has 3 aromatic rings. The number of likely N-dealkylation sites (tertiary alicyclic amines) is 2. The summed E-state index contributed by atoms with van der Waals surface area (Å²) < 4.78 is 2.13. The molecule has 1 aromatic carbocycles. The molecule has 0 amide bonds. The molecule has 5 rings (SSSR count). The van der Waals surface area contributed by atoms with Gasteiger partial charge in [0, 0.05) is 25.2 Å². The molecule has 0 spiro atoms. The molecule has 6 nitrogen and oxygen atoms in total. The van der Waals surface area contributed by atoms with Gasteiger partial charge in [-0.05, 0) is 76.5 Å². The molecule has 0 atom stereocenters. The Balaban J connectivity index is 1.38. The maximum absolute atomic E-state index is 9.69. The first-order chi connectivity index (χ1) is 14.6. The molecular formula is C24H30N6. The van der Waals surface area contributed by atoms with Crippen molar-refractivity contribution in [1.82, 2.24) is 19.2 Å². The van der Waals surface area contributed by atoms with Gasteiger partial charge >= 0.3 is 0 Å². The molecule has 0 aliphatic carbocycles. The molecule has 6 heteroatoms. The van der Waals surface area contributed by atoms with E-state index in [0.717, 1.165) is 60.0 Å². The summed E-state index contributed by atoms with van der Waals surface area (Å²) in [6, 6.07) is 13.8. The molecule has 2 aliphatic rings. The summed E-state index contributed by atoms with van der Waals surface area (Å²) in [5.74, 6) is 1.05. The van der Waals surface area contributed by atoms with E-state index in [0.29, 0.717) is 11.6 Å². The Kier molecular flexibility index (Phi) is 5.10. The van der Waals surface area contributed by atoms with E-state index in [1.54, 1.807) is 0 Å². The summed E-state index contributed by atoms with van der Waals surface area (Å²) in [7, 11) is 2.23. The second-order valence-corrected chi connectivity index (χ2v) is 8.95. The minimum Gasteiger partial charge on any atom is -0.368 e. The standard InChI is InChI=1S/C24H30N6/c1-17-15-23(30-22-6-4-3-5-21(22)27-24(30)20(17)16-25)26-18-7-13-29(14-8-18)19-9-11-28(2)12-10-19/h3-6,15,18-19,26H,7-14H2,1-2H3. The molecule has 30 heavy (non-hydrogen) atoms. The van der Waals surface area contributed by atoms with Gasteiger partial charge in [-0.3, -0.25) is 4.40 Å². The summed E-state index contributed by atoms with van der Waals surface area (Å²) in [5, 5.41) is 13.5. The second-order valence-electron chi connectivity index (χ2n) is 8.95. The lowest BCUT2D eigenvalue weighted by atomic mass is 9.98. The Labute approximate surface area is 178 Å². The van der Waals surface area contributed by atoms with E-state index in [9.17, 15) is 5.26 Å². The second kappa shape index (κ2) is 7.90. The third-order valence-electron chi connectivity index (χ3n) is 6.97. The lowest BCUT2D eigenvalue weighted by Gasteiger charge is -2.41. The number of anilines is 1. The van der Waals surface area contributed by atoms with E-state index < -0.39 is 0 Å². The van der Waals surface area contributed by atoms with Gasteiger partial charge in [0.15, 0.2) is 5.65 Å². The zero-order valence-corrected chi connectivity index (χ0v) is 17.9. The Bertz CT molecular complexity index is 1090. The van der Waals surface area contributed by atoms with Crippen molar-refractivity contribution in [2.24, 2.45) is 0 Å². The highest BCUT2D eigenvalue weighted by atomic mass is 15.2. The number of imidazole rings is 1. The first kappa shape index (κ1) is 19.3. The van der Waals surface area contributed by atoms with Crippen LogP contribution in [0.25, 0.3) is 16.7 Å². The molecule has 0 saturated carbocycles. The highest BCUT2D eigenvalue weighted by Crippen LogP contribution is 2.28. The molecule has 0 bridgehead atoms. The monoisotopic (exact) mass is 402 g/mol. The van der Waals surface area contributed by atoms with Gasteiger partial charge in [0.2, 0.25) is 0 Å². The number of fused-ring (bicyclic) bond motifs is 3. The average Bonchev–Trinajstić information content (AvgIpc) is 3.14. The van der Waals surface area contributed by atoms with Gasteiger partial charge in [-0.2, -0.15) is 5.26 Å². The number of benzene rings is 1. The highest BCUT2D eigenvalue weighted by molar-refractivity contribution is 5.85. The van der Waals surface area contributed by atoms with Crippen LogP contribution in [0.3, 0.4) is 0 Å². The number of hydrogen-bond donors (Lipinski definition) is 1. The number of nitriles is 1. The van der Waals surface area contributed by atoms with Crippen molar-refractivity contribution >= 4 is 22.5 Å². The summed E-state index contributed by atoms with van der Waals surface area (Å²) in [4.78, 5) is 9.92. The number of pyridine rings is 1. The molecule has 2 saturated heterocycles. The largest absolute Gasteiger partial charge is 0.368 e. The maximum Gasteiger partial charge on any atom is 0.157 e. The average molecular weight is 403 g/mol. The predicted octanol–water partition coefficient (Wildman–Crippen LogP) is 3.64. The number of aryl methyl sites for hydroxylation is 1. The van der Waals surface area contributed by atoms with Crippen molar-refractivity contribution in [2.45, 2.75) is 44.7 Å². The zero-order chi connectivity index (χ0) is 20.7.